The summed E-state index contributed by atoms with van der Waals surface area (Å²) in [5.74, 6) is 0.877. The number of methoxy groups -OCH3 is 1. The Balaban J connectivity index is 1.93. The lowest BCUT2D eigenvalue weighted by Crippen LogP contribution is -2.02. The molecule has 0 spiro atoms. The number of nitrogens with one attached hydrogen (secondary N) is 1. The fourth-order valence-electron chi connectivity index (χ4n) is 2.22. The summed E-state index contributed by atoms with van der Waals surface area (Å²) in [6.45, 7) is 0. The maximum Gasteiger partial charge on any atom is 0.211 e. The number of para-hydroxylation sites is 1. The Kier molecular flexibility index (Phi) is 3.46. The van der Waals surface area contributed by atoms with Gasteiger partial charge in [0.05, 0.1) is 12.5 Å². The molecule has 2 heteroatoms. The van der Waals surface area contributed by atoms with E-state index in [1.807, 2.05) is 36.5 Å². The van der Waals surface area contributed by atoms with Crippen molar-refractivity contribution in [2.75, 3.05) is 7.11 Å². The third-order valence-electron chi connectivity index (χ3n) is 3.31. The normalized spacial score (nSPS) is 11.1. The minimum absolute atomic E-state index is 0.877. The van der Waals surface area contributed by atoms with Crippen molar-refractivity contribution in [1.29, 1.82) is 0 Å². The van der Waals surface area contributed by atoms with E-state index in [0.717, 1.165) is 16.8 Å². The number of benzene rings is 2. The first-order chi connectivity index (χ1) is 9.86. The monoisotopic (exact) mass is 262 g/mol. The lowest BCUT2D eigenvalue weighted by molar-refractivity contribution is -0.344. The number of rotatable bonds is 3. The van der Waals surface area contributed by atoms with E-state index in [1.54, 1.807) is 7.11 Å². The van der Waals surface area contributed by atoms with Gasteiger partial charge in [-0.3, -0.25) is 0 Å². The quantitative estimate of drug-likeness (QED) is 0.703. The van der Waals surface area contributed by atoms with Gasteiger partial charge in [-0.1, -0.05) is 36.4 Å². The molecule has 0 atom stereocenters. The molecule has 1 heterocycles. The zero-order chi connectivity index (χ0) is 13.8. The highest BCUT2D eigenvalue weighted by atomic mass is 16.5. The standard InChI is InChI=1S/C18H15NO/c1-20-16-10-7-14(8-11-16)6-9-15-12-13-19-18-5-3-2-4-17(15)18/h2-13H,1H3/p+1/b9-6+. The number of H-pyrrole nitrogens is 1. The van der Waals surface area contributed by atoms with Crippen molar-refractivity contribution < 1.29 is 9.72 Å². The van der Waals surface area contributed by atoms with Crippen LogP contribution < -0.4 is 9.72 Å². The molecule has 1 aromatic heterocycles. The van der Waals surface area contributed by atoms with Crippen molar-refractivity contribution >= 4 is 23.1 Å². The van der Waals surface area contributed by atoms with Crippen LogP contribution in [0.2, 0.25) is 0 Å². The SMILES string of the molecule is COc1ccc(/C=C/c2cc[nH+]c3ccccc23)cc1. The molecule has 20 heavy (non-hydrogen) atoms. The van der Waals surface area contributed by atoms with E-state index in [1.165, 1.54) is 10.9 Å². The first-order valence-electron chi connectivity index (χ1n) is 6.58. The fourth-order valence-corrected chi connectivity index (χ4v) is 2.22. The third-order valence-corrected chi connectivity index (χ3v) is 3.31. The van der Waals surface area contributed by atoms with Crippen LogP contribution >= 0.6 is 0 Å². The van der Waals surface area contributed by atoms with Crippen molar-refractivity contribution in [2.45, 2.75) is 0 Å². The minimum Gasteiger partial charge on any atom is -0.497 e. The molecule has 2 aromatic carbocycles. The van der Waals surface area contributed by atoms with E-state index in [9.17, 15) is 0 Å². The topological polar surface area (TPSA) is 23.4 Å². The van der Waals surface area contributed by atoms with Gasteiger partial charge in [0.1, 0.15) is 5.75 Å². The first kappa shape index (κ1) is 12.4. The van der Waals surface area contributed by atoms with Crippen LogP contribution in [0.3, 0.4) is 0 Å². The van der Waals surface area contributed by atoms with Crippen molar-refractivity contribution in [2.24, 2.45) is 0 Å². The molecule has 3 aromatic rings. The number of aromatic nitrogens is 1. The van der Waals surface area contributed by atoms with Gasteiger partial charge in [-0.05, 0) is 29.3 Å². The summed E-state index contributed by atoms with van der Waals surface area (Å²) < 4.78 is 5.16. The summed E-state index contributed by atoms with van der Waals surface area (Å²) >= 11 is 0. The van der Waals surface area contributed by atoms with Gasteiger partial charge in [0.25, 0.3) is 0 Å². The van der Waals surface area contributed by atoms with E-state index in [4.69, 9.17) is 4.74 Å². The van der Waals surface area contributed by atoms with Gasteiger partial charge in [-0.15, -0.1) is 0 Å². The number of aromatic amines is 1. The average Bonchev–Trinajstić information content (AvgIpc) is 2.53. The number of pyridine rings is 1. The smallest absolute Gasteiger partial charge is 0.211 e. The summed E-state index contributed by atoms with van der Waals surface area (Å²) in [5.41, 5.74) is 3.50. The van der Waals surface area contributed by atoms with Crippen molar-refractivity contribution in [3.63, 3.8) is 0 Å². The van der Waals surface area contributed by atoms with Gasteiger partial charge >= 0.3 is 0 Å². The van der Waals surface area contributed by atoms with Crippen molar-refractivity contribution in [3.8, 4) is 5.75 Å². The number of fused-ring (bicyclic) bond motifs is 1. The van der Waals surface area contributed by atoms with Crippen LogP contribution in [-0.4, -0.2) is 7.11 Å². The Morgan fingerprint density at radius 3 is 2.50 bits per heavy atom. The summed E-state index contributed by atoms with van der Waals surface area (Å²) in [4.78, 5) is 3.25. The van der Waals surface area contributed by atoms with Gasteiger partial charge in [0.15, 0.2) is 6.20 Å². The molecule has 0 fully saturated rings. The molecule has 0 saturated carbocycles. The van der Waals surface area contributed by atoms with Crippen LogP contribution in [0.4, 0.5) is 0 Å². The maximum atomic E-state index is 5.16. The van der Waals surface area contributed by atoms with Crippen LogP contribution in [0.1, 0.15) is 11.1 Å². The fraction of sp³-hybridized carbons (Fsp3) is 0.0556. The van der Waals surface area contributed by atoms with Crippen molar-refractivity contribution in [1.82, 2.24) is 0 Å². The summed E-state index contributed by atoms with van der Waals surface area (Å²) in [7, 11) is 1.68. The molecular weight excluding hydrogens is 246 g/mol. The maximum absolute atomic E-state index is 5.16. The van der Waals surface area contributed by atoms with E-state index in [-0.39, 0.29) is 0 Å². The largest absolute Gasteiger partial charge is 0.497 e. The molecule has 0 bridgehead atoms. The number of hydrogen-bond donors (Lipinski definition) is 0. The Hall–Kier alpha value is -2.61. The molecule has 98 valence electrons. The minimum atomic E-state index is 0.877. The van der Waals surface area contributed by atoms with Gasteiger partial charge < -0.3 is 4.74 Å². The molecule has 1 N–H and O–H groups in total. The zero-order valence-electron chi connectivity index (χ0n) is 11.3. The van der Waals surface area contributed by atoms with Crippen LogP contribution in [0.25, 0.3) is 23.1 Å². The highest BCUT2D eigenvalue weighted by molar-refractivity contribution is 5.88. The van der Waals surface area contributed by atoms with Gasteiger partial charge in [-0.2, -0.15) is 0 Å². The molecule has 0 unspecified atom stereocenters. The molecule has 3 rings (SSSR count). The highest BCUT2D eigenvalue weighted by Gasteiger charge is 2.02. The molecule has 0 aliphatic heterocycles. The Labute approximate surface area is 118 Å². The molecule has 0 radical (unpaired) electrons. The zero-order valence-corrected chi connectivity index (χ0v) is 11.3. The van der Waals surface area contributed by atoms with E-state index < -0.39 is 0 Å². The Bertz CT molecular complexity index is 739. The molecule has 2 nitrogen and oxygen atoms in total. The summed E-state index contributed by atoms with van der Waals surface area (Å²) in [5, 5.41) is 1.22. The van der Waals surface area contributed by atoms with Gasteiger partial charge in [0.2, 0.25) is 5.52 Å². The second-order valence-corrected chi connectivity index (χ2v) is 4.59. The molecule has 0 aliphatic rings. The lowest BCUT2D eigenvalue weighted by atomic mass is 10.1. The van der Waals surface area contributed by atoms with E-state index in [0.29, 0.717) is 0 Å². The number of hydrogen-bond acceptors (Lipinski definition) is 1. The Morgan fingerprint density at radius 1 is 0.900 bits per heavy atom. The van der Waals surface area contributed by atoms with Gasteiger partial charge in [0, 0.05) is 12.1 Å². The molecule has 0 amide bonds. The van der Waals surface area contributed by atoms with E-state index >= 15 is 0 Å². The summed E-state index contributed by atoms with van der Waals surface area (Å²) in [6, 6.07) is 18.4. The van der Waals surface area contributed by atoms with Crippen LogP contribution in [0.15, 0.2) is 60.8 Å². The van der Waals surface area contributed by atoms with Crippen LogP contribution in [0, 0.1) is 0 Å². The lowest BCUT2D eigenvalue weighted by Gasteiger charge is -2.00. The average molecular weight is 262 g/mol. The second kappa shape index (κ2) is 5.57. The number of ether oxygens (including phenoxy) is 1. The van der Waals surface area contributed by atoms with Gasteiger partial charge in [-0.25, -0.2) is 4.98 Å². The predicted molar refractivity (Wildman–Crippen MR) is 82.4 cm³/mol. The van der Waals surface area contributed by atoms with Crippen LogP contribution in [-0.2, 0) is 0 Å². The first-order valence-corrected chi connectivity index (χ1v) is 6.58. The third kappa shape index (κ3) is 2.54. The highest BCUT2D eigenvalue weighted by Crippen LogP contribution is 2.18. The summed E-state index contributed by atoms with van der Waals surface area (Å²) in [6.07, 6.45) is 6.22. The van der Waals surface area contributed by atoms with Crippen molar-refractivity contribution in [3.05, 3.63) is 71.9 Å². The van der Waals surface area contributed by atoms with E-state index in [2.05, 4.69) is 41.4 Å². The molecule has 0 saturated heterocycles. The second-order valence-electron chi connectivity index (χ2n) is 4.59. The molecular formula is C18H16NO+. The predicted octanol–water partition coefficient (Wildman–Crippen LogP) is 3.83. The molecule has 0 aliphatic carbocycles. The Morgan fingerprint density at radius 2 is 1.70 bits per heavy atom. The van der Waals surface area contributed by atoms with Crippen LogP contribution in [0.5, 0.6) is 5.75 Å².